The summed E-state index contributed by atoms with van der Waals surface area (Å²) in [5.41, 5.74) is 1.45. The number of amides is 1. The van der Waals surface area contributed by atoms with Crippen LogP contribution in [0.15, 0.2) is 46.9 Å². The molecule has 1 amide bonds. The first-order chi connectivity index (χ1) is 9.06. The van der Waals surface area contributed by atoms with Crippen LogP contribution >= 0.6 is 39.1 Å². The van der Waals surface area contributed by atoms with Gasteiger partial charge in [-0.3, -0.25) is 4.79 Å². The quantitative estimate of drug-likeness (QED) is 0.847. The van der Waals surface area contributed by atoms with E-state index < -0.39 is 0 Å². The van der Waals surface area contributed by atoms with Crippen LogP contribution in [0.5, 0.6) is 0 Å². The van der Waals surface area contributed by atoms with Crippen molar-refractivity contribution in [1.29, 1.82) is 0 Å². The van der Waals surface area contributed by atoms with Gasteiger partial charge < -0.3 is 5.32 Å². The number of carbonyl (C=O) groups excluding carboxylic acids is 1. The van der Waals surface area contributed by atoms with Gasteiger partial charge in [0, 0.05) is 26.6 Å². The molecule has 0 fully saturated rings. The molecule has 0 bridgehead atoms. The van der Waals surface area contributed by atoms with Crippen molar-refractivity contribution in [2.24, 2.45) is 0 Å². The lowest BCUT2D eigenvalue weighted by Gasteiger charge is -2.07. The Morgan fingerprint density at radius 1 is 1.11 bits per heavy atom. The van der Waals surface area contributed by atoms with E-state index in [1.165, 1.54) is 0 Å². The van der Waals surface area contributed by atoms with E-state index in [0.29, 0.717) is 22.2 Å². The molecule has 0 unspecified atom stereocenters. The summed E-state index contributed by atoms with van der Waals surface area (Å²) in [5, 5.41) is 3.71. The lowest BCUT2D eigenvalue weighted by atomic mass is 10.2. The maximum absolute atomic E-state index is 12.0. The van der Waals surface area contributed by atoms with Crippen molar-refractivity contribution >= 4 is 45.0 Å². The number of hydrogen-bond donors (Lipinski definition) is 1. The van der Waals surface area contributed by atoms with Crippen LogP contribution in [0.2, 0.25) is 10.0 Å². The van der Waals surface area contributed by atoms with E-state index in [1.54, 1.807) is 18.2 Å². The van der Waals surface area contributed by atoms with Crippen molar-refractivity contribution in [3.8, 4) is 0 Å². The number of hydrogen-bond acceptors (Lipinski definition) is 1. The van der Waals surface area contributed by atoms with Gasteiger partial charge in [-0.05, 0) is 29.8 Å². The fraction of sp³-hybridized carbons (Fsp3) is 0.0714. The Morgan fingerprint density at radius 2 is 1.74 bits per heavy atom. The largest absolute Gasteiger partial charge is 0.348 e. The minimum Gasteiger partial charge on any atom is -0.348 e. The minimum atomic E-state index is -0.208. The molecular formula is C14H10BrCl2NO. The number of carbonyl (C=O) groups is 1. The molecule has 0 aromatic heterocycles. The third-order valence-corrected chi connectivity index (χ3v) is 3.73. The third kappa shape index (κ3) is 3.96. The molecule has 1 N–H and O–H groups in total. The molecule has 5 heteroatoms. The van der Waals surface area contributed by atoms with Gasteiger partial charge in [-0.25, -0.2) is 0 Å². The molecule has 98 valence electrons. The fourth-order valence-corrected chi connectivity index (χ4v) is 2.56. The van der Waals surface area contributed by atoms with Crippen LogP contribution in [-0.4, -0.2) is 5.91 Å². The van der Waals surface area contributed by atoms with E-state index >= 15 is 0 Å². The van der Waals surface area contributed by atoms with Crippen LogP contribution in [0.3, 0.4) is 0 Å². The first-order valence-electron chi connectivity index (χ1n) is 5.54. The molecule has 0 heterocycles. The highest BCUT2D eigenvalue weighted by Gasteiger charge is 2.08. The van der Waals surface area contributed by atoms with Crippen molar-refractivity contribution in [3.05, 3.63) is 68.1 Å². The monoisotopic (exact) mass is 357 g/mol. The summed E-state index contributed by atoms with van der Waals surface area (Å²) in [6.45, 7) is 0.435. The predicted molar refractivity (Wildman–Crippen MR) is 81.8 cm³/mol. The molecule has 0 spiro atoms. The number of nitrogens with one attached hydrogen (secondary N) is 1. The maximum atomic E-state index is 12.0. The van der Waals surface area contributed by atoms with Crippen LogP contribution in [0.4, 0.5) is 0 Å². The smallest absolute Gasteiger partial charge is 0.251 e. The van der Waals surface area contributed by atoms with E-state index in [2.05, 4.69) is 21.2 Å². The van der Waals surface area contributed by atoms with Gasteiger partial charge >= 0.3 is 0 Å². The van der Waals surface area contributed by atoms with E-state index in [4.69, 9.17) is 23.2 Å². The zero-order valence-electron chi connectivity index (χ0n) is 9.79. The standard InChI is InChI=1S/C14H10BrCl2NO/c15-13-4-2-1-3-9(13)8-18-14(19)10-5-11(16)7-12(17)6-10/h1-7H,8H2,(H,18,19). The van der Waals surface area contributed by atoms with Gasteiger partial charge in [0.05, 0.1) is 0 Å². The van der Waals surface area contributed by atoms with E-state index in [-0.39, 0.29) is 5.91 Å². The highest BCUT2D eigenvalue weighted by molar-refractivity contribution is 9.10. The number of benzene rings is 2. The highest BCUT2D eigenvalue weighted by atomic mass is 79.9. The SMILES string of the molecule is O=C(NCc1ccccc1Br)c1cc(Cl)cc(Cl)c1. The molecule has 0 saturated carbocycles. The van der Waals surface area contributed by atoms with Crippen LogP contribution in [0, 0.1) is 0 Å². The number of halogens is 3. The summed E-state index contributed by atoms with van der Waals surface area (Å²) in [6, 6.07) is 12.5. The second-order valence-electron chi connectivity index (χ2n) is 3.93. The molecule has 0 aliphatic heterocycles. The van der Waals surface area contributed by atoms with Crippen molar-refractivity contribution in [2.75, 3.05) is 0 Å². The minimum absolute atomic E-state index is 0.208. The lowest BCUT2D eigenvalue weighted by molar-refractivity contribution is 0.0951. The van der Waals surface area contributed by atoms with Crippen molar-refractivity contribution in [3.63, 3.8) is 0 Å². The summed E-state index contributed by atoms with van der Waals surface area (Å²) >= 11 is 15.2. The van der Waals surface area contributed by atoms with Crippen LogP contribution in [-0.2, 0) is 6.54 Å². The van der Waals surface area contributed by atoms with Gasteiger partial charge in [-0.15, -0.1) is 0 Å². The summed E-state index contributed by atoms with van der Waals surface area (Å²) < 4.78 is 0.958. The molecule has 0 saturated heterocycles. The number of rotatable bonds is 3. The molecule has 2 rings (SSSR count). The van der Waals surface area contributed by atoms with E-state index in [0.717, 1.165) is 10.0 Å². The van der Waals surface area contributed by atoms with Gasteiger partial charge in [0.1, 0.15) is 0 Å². The second kappa shape index (κ2) is 6.42. The molecule has 2 nitrogen and oxygen atoms in total. The Morgan fingerprint density at radius 3 is 2.37 bits per heavy atom. The Bertz CT molecular complexity index is 596. The van der Waals surface area contributed by atoms with Gasteiger partial charge in [0.15, 0.2) is 0 Å². The zero-order chi connectivity index (χ0) is 13.8. The molecule has 0 aliphatic carbocycles. The summed E-state index contributed by atoms with van der Waals surface area (Å²) in [6.07, 6.45) is 0. The average Bonchev–Trinajstić information content (AvgIpc) is 2.36. The molecule has 0 radical (unpaired) electrons. The maximum Gasteiger partial charge on any atom is 0.251 e. The van der Waals surface area contributed by atoms with Gasteiger partial charge in [-0.1, -0.05) is 57.3 Å². The summed E-state index contributed by atoms with van der Waals surface area (Å²) in [5.74, 6) is -0.208. The molecular weight excluding hydrogens is 349 g/mol. The second-order valence-corrected chi connectivity index (χ2v) is 5.66. The molecule has 2 aromatic carbocycles. The van der Waals surface area contributed by atoms with Gasteiger partial charge in [0.2, 0.25) is 0 Å². The van der Waals surface area contributed by atoms with Gasteiger partial charge in [0.25, 0.3) is 5.91 Å². The van der Waals surface area contributed by atoms with E-state index in [9.17, 15) is 4.79 Å². The van der Waals surface area contributed by atoms with Gasteiger partial charge in [-0.2, -0.15) is 0 Å². The molecule has 19 heavy (non-hydrogen) atoms. The molecule has 0 aliphatic rings. The lowest BCUT2D eigenvalue weighted by Crippen LogP contribution is -2.22. The molecule has 0 atom stereocenters. The topological polar surface area (TPSA) is 29.1 Å². The predicted octanol–water partition coefficient (Wildman–Crippen LogP) is 4.69. The fourth-order valence-electron chi connectivity index (χ4n) is 1.60. The normalized spacial score (nSPS) is 10.3. The van der Waals surface area contributed by atoms with Crippen molar-refractivity contribution < 1.29 is 4.79 Å². The van der Waals surface area contributed by atoms with Crippen molar-refractivity contribution in [1.82, 2.24) is 5.32 Å². The molecule has 2 aromatic rings. The van der Waals surface area contributed by atoms with Crippen LogP contribution in [0.25, 0.3) is 0 Å². The summed E-state index contributed by atoms with van der Waals surface area (Å²) in [7, 11) is 0. The first-order valence-corrected chi connectivity index (χ1v) is 7.09. The first kappa shape index (κ1) is 14.4. The van der Waals surface area contributed by atoms with Crippen LogP contribution in [0.1, 0.15) is 15.9 Å². The Kier molecular flexibility index (Phi) is 4.86. The highest BCUT2D eigenvalue weighted by Crippen LogP contribution is 2.19. The Labute approximate surface area is 129 Å². The Balaban J connectivity index is 2.08. The Hall–Kier alpha value is -1.03. The summed E-state index contributed by atoms with van der Waals surface area (Å²) in [4.78, 5) is 12.0. The average molecular weight is 359 g/mol. The van der Waals surface area contributed by atoms with E-state index in [1.807, 2.05) is 24.3 Å². The van der Waals surface area contributed by atoms with Crippen LogP contribution < -0.4 is 5.32 Å². The zero-order valence-corrected chi connectivity index (χ0v) is 12.9. The van der Waals surface area contributed by atoms with Crippen molar-refractivity contribution in [2.45, 2.75) is 6.54 Å². The third-order valence-electron chi connectivity index (χ3n) is 2.52.